The maximum Gasteiger partial charge on any atom is 0.306 e. The van der Waals surface area contributed by atoms with Gasteiger partial charge < -0.3 is 11.1 Å². The van der Waals surface area contributed by atoms with E-state index < -0.39 is 4.92 Å². The minimum atomic E-state index is -0.515. The van der Waals surface area contributed by atoms with Crippen molar-refractivity contribution in [2.75, 3.05) is 6.54 Å². The maximum absolute atomic E-state index is 11.7. The third-order valence-electron chi connectivity index (χ3n) is 2.95. The summed E-state index contributed by atoms with van der Waals surface area (Å²) in [6.07, 6.45) is 5.65. The number of halogens is 1. The first kappa shape index (κ1) is 19.3. The monoisotopic (exact) mass is 319 g/mol. The molecule has 1 aromatic heterocycles. The summed E-state index contributed by atoms with van der Waals surface area (Å²) in [7, 11) is 0. The number of aromatic nitrogens is 2. The van der Waals surface area contributed by atoms with E-state index >= 15 is 0 Å². The van der Waals surface area contributed by atoms with Gasteiger partial charge in [-0.05, 0) is 6.42 Å². The predicted molar refractivity (Wildman–Crippen MR) is 81.3 cm³/mol. The molecule has 120 valence electrons. The van der Waals surface area contributed by atoms with Crippen LogP contribution in [-0.4, -0.2) is 33.2 Å². The number of carbonyl (C=O) groups is 1. The molecule has 1 rings (SSSR count). The van der Waals surface area contributed by atoms with Gasteiger partial charge in [-0.15, -0.1) is 12.4 Å². The molecule has 9 heteroatoms. The van der Waals surface area contributed by atoms with Crippen LogP contribution in [-0.2, 0) is 11.3 Å². The van der Waals surface area contributed by atoms with Crippen LogP contribution in [0.5, 0.6) is 0 Å². The van der Waals surface area contributed by atoms with E-state index in [9.17, 15) is 14.9 Å². The minimum Gasteiger partial charge on any atom is -0.352 e. The van der Waals surface area contributed by atoms with Crippen LogP contribution in [0.15, 0.2) is 12.4 Å². The lowest BCUT2D eigenvalue weighted by atomic mass is 10.1. The number of rotatable bonds is 9. The molecule has 0 bridgehead atoms. The minimum absolute atomic E-state index is 0. The standard InChI is InChI=1S/C12H21N5O3.ClH/c1-2-3-4-10(7-13)15-12(18)5-6-16-9-11(8-14-16)17(19)20;/h8-10H,2-7,13H2,1H3,(H,15,18);1H. The second kappa shape index (κ2) is 10.1. The zero-order valence-electron chi connectivity index (χ0n) is 12.0. The fourth-order valence-corrected chi connectivity index (χ4v) is 1.78. The lowest BCUT2D eigenvalue weighted by Gasteiger charge is -2.16. The van der Waals surface area contributed by atoms with Crippen LogP contribution in [0.4, 0.5) is 5.69 Å². The molecule has 0 radical (unpaired) electrons. The molecule has 1 aromatic rings. The number of hydrogen-bond donors (Lipinski definition) is 2. The van der Waals surface area contributed by atoms with E-state index in [0.717, 1.165) is 19.3 Å². The van der Waals surface area contributed by atoms with E-state index in [1.165, 1.54) is 17.1 Å². The SMILES string of the molecule is CCCCC(CN)NC(=O)CCn1cc([N+](=O)[O-])cn1.Cl. The summed E-state index contributed by atoms with van der Waals surface area (Å²) in [4.78, 5) is 21.7. The Balaban J connectivity index is 0.00000400. The quantitative estimate of drug-likeness (QED) is 0.524. The van der Waals surface area contributed by atoms with E-state index in [2.05, 4.69) is 17.3 Å². The van der Waals surface area contributed by atoms with Crippen LogP contribution < -0.4 is 11.1 Å². The fraction of sp³-hybridized carbons (Fsp3) is 0.667. The molecular weight excluding hydrogens is 298 g/mol. The van der Waals surface area contributed by atoms with Crippen LogP contribution in [0.25, 0.3) is 0 Å². The van der Waals surface area contributed by atoms with Gasteiger partial charge in [-0.1, -0.05) is 19.8 Å². The third kappa shape index (κ3) is 7.05. The van der Waals surface area contributed by atoms with E-state index in [1.54, 1.807) is 0 Å². The Morgan fingerprint density at radius 2 is 2.33 bits per heavy atom. The first-order valence-electron chi connectivity index (χ1n) is 6.73. The van der Waals surface area contributed by atoms with Gasteiger partial charge in [-0.25, -0.2) is 0 Å². The number of nitro groups is 1. The zero-order valence-corrected chi connectivity index (χ0v) is 12.8. The van der Waals surface area contributed by atoms with Crippen molar-refractivity contribution in [1.29, 1.82) is 0 Å². The summed E-state index contributed by atoms with van der Waals surface area (Å²) in [5.41, 5.74) is 5.52. The van der Waals surface area contributed by atoms with Crippen molar-refractivity contribution >= 4 is 24.0 Å². The van der Waals surface area contributed by atoms with Crippen molar-refractivity contribution in [3.63, 3.8) is 0 Å². The molecule has 3 N–H and O–H groups in total. The molecule has 1 atom stereocenters. The second-order valence-corrected chi connectivity index (χ2v) is 4.61. The van der Waals surface area contributed by atoms with E-state index in [4.69, 9.17) is 5.73 Å². The fourth-order valence-electron chi connectivity index (χ4n) is 1.78. The third-order valence-corrected chi connectivity index (χ3v) is 2.95. The van der Waals surface area contributed by atoms with Gasteiger partial charge in [0.2, 0.25) is 5.91 Å². The smallest absolute Gasteiger partial charge is 0.306 e. The Kier molecular flexibility index (Phi) is 9.31. The predicted octanol–water partition coefficient (Wildman–Crippen LogP) is 1.24. The molecule has 0 fully saturated rings. The molecule has 1 unspecified atom stereocenters. The summed E-state index contributed by atoms with van der Waals surface area (Å²) in [5, 5.41) is 17.2. The van der Waals surface area contributed by atoms with E-state index in [1.807, 2.05) is 0 Å². The first-order valence-corrected chi connectivity index (χ1v) is 6.73. The average molecular weight is 320 g/mol. The molecule has 0 aliphatic heterocycles. The number of amides is 1. The number of nitrogens with one attached hydrogen (secondary N) is 1. The van der Waals surface area contributed by atoms with Crippen molar-refractivity contribution in [1.82, 2.24) is 15.1 Å². The Morgan fingerprint density at radius 3 is 2.86 bits per heavy atom. The lowest BCUT2D eigenvalue weighted by molar-refractivity contribution is -0.385. The van der Waals surface area contributed by atoms with E-state index in [-0.39, 0.29) is 36.5 Å². The molecule has 0 aromatic carbocycles. The highest BCUT2D eigenvalue weighted by Crippen LogP contribution is 2.08. The molecule has 8 nitrogen and oxygen atoms in total. The van der Waals surface area contributed by atoms with Crippen LogP contribution >= 0.6 is 12.4 Å². The summed E-state index contributed by atoms with van der Waals surface area (Å²) in [5.74, 6) is -0.116. The Labute approximate surface area is 129 Å². The molecule has 0 saturated heterocycles. The highest BCUT2D eigenvalue weighted by molar-refractivity contribution is 5.85. The largest absolute Gasteiger partial charge is 0.352 e. The van der Waals surface area contributed by atoms with Gasteiger partial charge >= 0.3 is 5.69 Å². The van der Waals surface area contributed by atoms with Crippen molar-refractivity contribution in [3.05, 3.63) is 22.5 Å². The maximum atomic E-state index is 11.7. The molecule has 0 spiro atoms. The van der Waals surface area contributed by atoms with Crippen LogP contribution in [0.3, 0.4) is 0 Å². The number of nitrogens with two attached hydrogens (primary N) is 1. The van der Waals surface area contributed by atoms with Crippen molar-refractivity contribution in [2.45, 2.75) is 45.2 Å². The zero-order chi connectivity index (χ0) is 15.0. The van der Waals surface area contributed by atoms with Crippen molar-refractivity contribution < 1.29 is 9.72 Å². The highest BCUT2D eigenvalue weighted by atomic mass is 35.5. The Morgan fingerprint density at radius 1 is 1.62 bits per heavy atom. The lowest BCUT2D eigenvalue weighted by Crippen LogP contribution is -2.40. The van der Waals surface area contributed by atoms with Crippen LogP contribution in [0, 0.1) is 10.1 Å². The van der Waals surface area contributed by atoms with Gasteiger partial charge in [0.1, 0.15) is 12.4 Å². The first-order chi connectivity index (χ1) is 9.56. The van der Waals surface area contributed by atoms with Gasteiger partial charge in [0.15, 0.2) is 0 Å². The molecule has 1 heterocycles. The van der Waals surface area contributed by atoms with Crippen LogP contribution in [0.1, 0.15) is 32.6 Å². The Bertz CT molecular complexity index is 452. The molecule has 0 aliphatic rings. The highest BCUT2D eigenvalue weighted by Gasteiger charge is 2.12. The summed E-state index contributed by atoms with van der Waals surface area (Å²) in [6.45, 7) is 2.81. The topological polar surface area (TPSA) is 116 Å². The number of unbranched alkanes of at least 4 members (excludes halogenated alkanes) is 1. The molecule has 21 heavy (non-hydrogen) atoms. The summed E-state index contributed by atoms with van der Waals surface area (Å²) < 4.78 is 1.39. The average Bonchev–Trinajstić information content (AvgIpc) is 2.90. The van der Waals surface area contributed by atoms with Crippen molar-refractivity contribution in [2.24, 2.45) is 5.73 Å². The van der Waals surface area contributed by atoms with Gasteiger partial charge in [0.25, 0.3) is 0 Å². The van der Waals surface area contributed by atoms with Crippen LogP contribution in [0.2, 0.25) is 0 Å². The number of aryl methyl sites for hydroxylation is 1. The Hall–Kier alpha value is -1.67. The molecular formula is C12H22ClN5O3. The van der Waals surface area contributed by atoms with Crippen molar-refractivity contribution in [3.8, 4) is 0 Å². The number of nitrogens with zero attached hydrogens (tertiary/aromatic N) is 3. The summed E-state index contributed by atoms with van der Waals surface area (Å²) >= 11 is 0. The summed E-state index contributed by atoms with van der Waals surface area (Å²) in [6, 6.07) is -0.00518. The van der Waals surface area contributed by atoms with Gasteiger partial charge in [0.05, 0.1) is 4.92 Å². The van der Waals surface area contributed by atoms with Gasteiger partial charge in [0, 0.05) is 25.6 Å². The number of hydrogen-bond acceptors (Lipinski definition) is 5. The van der Waals surface area contributed by atoms with E-state index in [0.29, 0.717) is 13.1 Å². The van der Waals surface area contributed by atoms with Gasteiger partial charge in [-0.2, -0.15) is 5.10 Å². The molecule has 1 amide bonds. The molecule has 0 aliphatic carbocycles. The number of carbonyl (C=O) groups excluding carboxylic acids is 1. The normalized spacial score (nSPS) is 11.5. The molecule has 0 saturated carbocycles. The second-order valence-electron chi connectivity index (χ2n) is 4.61. The van der Waals surface area contributed by atoms with Gasteiger partial charge in [-0.3, -0.25) is 19.6 Å².